The maximum Gasteiger partial charge on any atom is 0.00420 e. The predicted octanol–water partition coefficient (Wildman–Crippen LogP) is 3.90. The highest BCUT2D eigenvalue weighted by Gasteiger charge is 2.05. The van der Waals surface area contributed by atoms with Gasteiger partial charge in [0.2, 0.25) is 0 Å². The van der Waals surface area contributed by atoms with Gasteiger partial charge in [-0.2, -0.15) is 11.8 Å². The van der Waals surface area contributed by atoms with Crippen LogP contribution < -0.4 is 5.32 Å². The van der Waals surface area contributed by atoms with Crippen LogP contribution >= 0.6 is 11.8 Å². The number of benzene rings is 1. The van der Waals surface area contributed by atoms with Gasteiger partial charge in [0.25, 0.3) is 0 Å². The van der Waals surface area contributed by atoms with E-state index in [2.05, 4.69) is 56.6 Å². The topological polar surface area (TPSA) is 12.0 Å². The lowest BCUT2D eigenvalue weighted by Gasteiger charge is -2.17. The predicted molar refractivity (Wildman–Crippen MR) is 84.5 cm³/mol. The molecule has 1 nitrogen and oxygen atoms in total. The third-order valence-corrected chi connectivity index (χ3v) is 4.12. The van der Waals surface area contributed by atoms with E-state index >= 15 is 0 Å². The van der Waals surface area contributed by atoms with Crippen molar-refractivity contribution in [3.63, 3.8) is 0 Å². The lowest BCUT2D eigenvalue weighted by molar-refractivity contribution is 0.467. The highest BCUT2D eigenvalue weighted by atomic mass is 32.2. The Morgan fingerprint density at radius 1 is 1.28 bits per heavy atom. The molecule has 2 heteroatoms. The summed E-state index contributed by atoms with van der Waals surface area (Å²) in [4.78, 5) is 0. The maximum atomic E-state index is 3.64. The Bertz CT molecular complexity index is 338. The maximum absolute atomic E-state index is 3.64. The molecule has 0 aliphatic rings. The zero-order valence-electron chi connectivity index (χ0n) is 12.2. The first-order chi connectivity index (χ1) is 8.61. The molecule has 0 aliphatic carbocycles. The third-order valence-electron chi connectivity index (χ3n) is 3.21. The molecule has 0 heterocycles. The molecule has 0 spiro atoms. The van der Waals surface area contributed by atoms with E-state index in [4.69, 9.17) is 0 Å². The van der Waals surface area contributed by atoms with E-state index in [0.29, 0.717) is 6.04 Å². The van der Waals surface area contributed by atoms with Crippen LogP contribution in [0, 0.1) is 12.8 Å². The van der Waals surface area contributed by atoms with E-state index in [0.717, 1.165) is 12.5 Å². The molecule has 0 aromatic heterocycles. The molecule has 2 atom stereocenters. The molecule has 0 saturated carbocycles. The van der Waals surface area contributed by atoms with Gasteiger partial charge in [-0.15, -0.1) is 0 Å². The molecule has 0 bridgehead atoms. The molecular formula is C16H27NS. The van der Waals surface area contributed by atoms with Crippen molar-refractivity contribution in [3.8, 4) is 0 Å². The Morgan fingerprint density at radius 3 is 2.72 bits per heavy atom. The number of aryl methyl sites for hydroxylation is 2. The molecule has 1 aromatic rings. The SMILES string of the molecule is CSCC(C)CNC(C)CCc1cccc(C)c1. The van der Waals surface area contributed by atoms with Crippen LogP contribution in [0.2, 0.25) is 0 Å². The Balaban J connectivity index is 2.22. The molecule has 18 heavy (non-hydrogen) atoms. The molecule has 102 valence electrons. The van der Waals surface area contributed by atoms with Crippen LogP contribution in [0.15, 0.2) is 24.3 Å². The van der Waals surface area contributed by atoms with E-state index in [-0.39, 0.29) is 0 Å². The van der Waals surface area contributed by atoms with Crippen molar-refractivity contribution < 1.29 is 0 Å². The van der Waals surface area contributed by atoms with Gasteiger partial charge in [-0.25, -0.2) is 0 Å². The summed E-state index contributed by atoms with van der Waals surface area (Å²) in [6.07, 6.45) is 4.57. The van der Waals surface area contributed by atoms with Gasteiger partial charge in [0.05, 0.1) is 0 Å². The summed E-state index contributed by atoms with van der Waals surface area (Å²) in [7, 11) is 0. The molecule has 0 fully saturated rings. The van der Waals surface area contributed by atoms with Gasteiger partial charge < -0.3 is 5.32 Å². The van der Waals surface area contributed by atoms with Crippen LogP contribution in [0.5, 0.6) is 0 Å². The second kappa shape index (κ2) is 8.60. The first-order valence-corrected chi connectivity index (χ1v) is 8.29. The Kier molecular flexibility index (Phi) is 7.45. The molecule has 0 aliphatic heterocycles. The summed E-state index contributed by atoms with van der Waals surface area (Å²) < 4.78 is 0. The number of nitrogens with one attached hydrogen (secondary N) is 1. The van der Waals surface area contributed by atoms with Crippen LogP contribution in [0.3, 0.4) is 0 Å². The molecule has 1 rings (SSSR count). The minimum atomic E-state index is 0.606. The van der Waals surface area contributed by atoms with Gasteiger partial charge in [-0.1, -0.05) is 36.8 Å². The number of thioether (sulfide) groups is 1. The summed E-state index contributed by atoms with van der Waals surface area (Å²) in [5.74, 6) is 2.01. The monoisotopic (exact) mass is 265 g/mol. The fourth-order valence-electron chi connectivity index (χ4n) is 2.10. The number of hydrogen-bond donors (Lipinski definition) is 1. The van der Waals surface area contributed by atoms with E-state index in [1.807, 2.05) is 11.8 Å². The smallest absolute Gasteiger partial charge is 0.00420 e. The van der Waals surface area contributed by atoms with E-state index in [1.165, 1.54) is 29.7 Å². The summed E-state index contributed by atoms with van der Waals surface area (Å²) in [5.41, 5.74) is 2.82. The highest BCUT2D eigenvalue weighted by molar-refractivity contribution is 7.98. The van der Waals surface area contributed by atoms with Gasteiger partial charge >= 0.3 is 0 Å². The molecule has 0 amide bonds. The first-order valence-electron chi connectivity index (χ1n) is 6.89. The van der Waals surface area contributed by atoms with Crippen LogP contribution in [0.4, 0.5) is 0 Å². The standard InChI is InChI=1S/C16H27NS/c1-13-6-5-7-16(10-13)9-8-15(3)17-11-14(2)12-18-4/h5-7,10,14-15,17H,8-9,11-12H2,1-4H3. The van der Waals surface area contributed by atoms with Gasteiger partial charge in [-0.3, -0.25) is 0 Å². The molecule has 0 saturated heterocycles. The van der Waals surface area contributed by atoms with Crippen molar-refractivity contribution in [2.75, 3.05) is 18.6 Å². The van der Waals surface area contributed by atoms with Gasteiger partial charge in [0.1, 0.15) is 0 Å². The fourth-order valence-corrected chi connectivity index (χ4v) is 2.79. The van der Waals surface area contributed by atoms with Crippen molar-refractivity contribution in [2.24, 2.45) is 5.92 Å². The minimum Gasteiger partial charge on any atom is -0.314 e. The first kappa shape index (κ1) is 15.6. The van der Waals surface area contributed by atoms with Crippen molar-refractivity contribution >= 4 is 11.8 Å². The van der Waals surface area contributed by atoms with Crippen LogP contribution in [0.1, 0.15) is 31.4 Å². The van der Waals surface area contributed by atoms with Crippen molar-refractivity contribution in [1.82, 2.24) is 5.32 Å². The van der Waals surface area contributed by atoms with E-state index < -0.39 is 0 Å². The molecule has 1 aromatic carbocycles. The second-order valence-corrected chi connectivity index (χ2v) is 6.31. The zero-order valence-corrected chi connectivity index (χ0v) is 13.0. The highest BCUT2D eigenvalue weighted by Crippen LogP contribution is 2.09. The fraction of sp³-hybridized carbons (Fsp3) is 0.625. The normalized spacial score (nSPS) is 14.4. The van der Waals surface area contributed by atoms with Crippen molar-refractivity contribution in [1.29, 1.82) is 0 Å². The summed E-state index contributed by atoms with van der Waals surface area (Å²) in [6.45, 7) is 7.91. The average Bonchev–Trinajstić information content (AvgIpc) is 2.34. The van der Waals surface area contributed by atoms with Gasteiger partial charge in [0, 0.05) is 6.04 Å². The summed E-state index contributed by atoms with van der Waals surface area (Å²) in [5, 5.41) is 3.64. The van der Waals surface area contributed by atoms with Gasteiger partial charge in [0.15, 0.2) is 0 Å². The van der Waals surface area contributed by atoms with Crippen molar-refractivity contribution in [2.45, 2.75) is 39.7 Å². The lowest BCUT2D eigenvalue weighted by Crippen LogP contribution is -2.31. The van der Waals surface area contributed by atoms with Crippen molar-refractivity contribution in [3.05, 3.63) is 35.4 Å². The summed E-state index contributed by atoms with van der Waals surface area (Å²) in [6, 6.07) is 9.45. The summed E-state index contributed by atoms with van der Waals surface area (Å²) >= 11 is 1.93. The van der Waals surface area contributed by atoms with Crippen LogP contribution in [-0.2, 0) is 6.42 Å². The lowest BCUT2D eigenvalue weighted by atomic mass is 10.0. The quantitative estimate of drug-likeness (QED) is 0.765. The molecule has 0 radical (unpaired) electrons. The zero-order chi connectivity index (χ0) is 13.4. The largest absolute Gasteiger partial charge is 0.314 e. The number of rotatable bonds is 8. The van der Waals surface area contributed by atoms with Crippen LogP contribution in [0.25, 0.3) is 0 Å². The Hall–Kier alpha value is -0.470. The molecule has 1 N–H and O–H groups in total. The third kappa shape index (κ3) is 6.46. The molecular weight excluding hydrogens is 238 g/mol. The molecule has 2 unspecified atom stereocenters. The van der Waals surface area contributed by atoms with E-state index in [1.54, 1.807) is 0 Å². The number of hydrogen-bond acceptors (Lipinski definition) is 2. The average molecular weight is 265 g/mol. The van der Waals surface area contributed by atoms with E-state index in [9.17, 15) is 0 Å². The minimum absolute atomic E-state index is 0.606. The second-order valence-electron chi connectivity index (χ2n) is 5.40. The van der Waals surface area contributed by atoms with Gasteiger partial charge in [-0.05, 0) is 56.7 Å². The Morgan fingerprint density at radius 2 is 2.06 bits per heavy atom. The Labute approximate surface area is 117 Å². The van der Waals surface area contributed by atoms with Crippen LogP contribution in [-0.4, -0.2) is 24.6 Å².